The zero-order valence-electron chi connectivity index (χ0n) is 7.47. The second-order valence-electron chi connectivity index (χ2n) is 2.81. The third kappa shape index (κ3) is 1.93. The van der Waals surface area contributed by atoms with Gasteiger partial charge in [-0.2, -0.15) is 0 Å². The molecule has 0 spiro atoms. The van der Waals surface area contributed by atoms with Crippen LogP contribution in [-0.4, -0.2) is 0 Å². The first-order valence-corrected chi connectivity index (χ1v) is 3.94. The molecule has 0 fully saturated rings. The zero-order chi connectivity index (χ0) is 11.8. The van der Waals surface area contributed by atoms with Gasteiger partial charge >= 0.3 is 0 Å². The van der Waals surface area contributed by atoms with E-state index in [1.54, 1.807) is 0 Å². The molecule has 0 atom stereocenters. The van der Waals surface area contributed by atoms with Crippen molar-refractivity contribution in [3.63, 3.8) is 0 Å². The highest BCUT2D eigenvalue weighted by Crippen LogP contribution is 2.36. The Morgan fingerprint density at radius 3 is 1.73 bits per heavy atom. The van der Waals surface area contributed by atoms with Gasteiger partial charge in [0.15, 0.2) is 23.3 Å². The molecule has 1 aromatic rings. The summed E-state index contributed by atoms with van der Waals surface area (Å²) in [7, 11) is 0. The van der Waals surface area contributed by atoms with Crippen LogP contribution >= 0.6 is 0 Å². The van der Waals surface area contributed by atoms with Crippen LogP contribution in [0.3, 0.4) is 0 Å². The predicted molar refractivity (Wildman–Crippen MR) is 39.3 cm³/mol. The van der Waals surface area contributed by atoms with Crippen LogP contribution in [0.15, 0.2) is 0 Å². The Morgan fingerprint density at radius 2 is 1.40 bits per heavy atom. The van der Waals surface area contributed by atoms with Gasteiger partial charge in [-0.05, 0) is 0 Å². The van der Waals surface area contributed by atoms with E-state index in [0.717, 1.165) is 13.0 Å². The minimum atomic E-state index is -3.95. The van der Waals surface area contributed by atoms with E-state index in [4.69, 9.17) is 0 Å². The van der Waals surface area contributed by atoms with Crippen molar-refractivity contribution >= 4 is 0 Å². The van der Waals surface area contributed by atoms with Crippen LogP contribution < -0.4 is 0 Å². The van der Waals surface area contributed by atoms with Gasteiger partial charge in [0.05, 0.1) is 11.6 Å². The molecule has 0 unspecified atom stereocenters. The summed E-state index contributed by atoms with van der Waals surface area (Å²) >= 11 is 0. The van der Waals surface area contributed by atoms with Gasteiger partial charge in [0.1, 0.15) is 0 Å². The Bertz CT molecular complexity index is 358. The normalized spacial score (nSPS) is 11.9. The van der Waals surface area contributed by atoms with Crippen molar-refractivity contribution in [3.05, 3.63) is 34.9 Å². The van der Waals surface area contributed by atoms with E-state index in [2.05, 4.69) is 0 Å². The van der Waals surface area contributed by atoms with Crippen molar-refractivity contribution in [2.24, 2.45) is 0 Å². The Hall–Kier alpha value is -1.20. The Morgan fingerprint density at radius 1 is 1.00 bits per heavy atom. The number of benzene rings is 1. The van der Waals surface area contributed by atoms with Crippen molar-refractivity contribution in [1.29, 1.82) is 0 Å². The predicted octanol–water partition coefficient (Wildman–Crippen LogP) is 3.54. The molecular formula is C9H5F6. The molecule has 0 N–H and O–H groups in total. The smallest absolute Gasteiger partial charge is 0.203 e. The highest BCUT2D eigenvalue weighted by atomic mass is 19.3. The Kier molecular flexibility index (Phi) is 2.97. The highest BCUT2D eigenvalue weighted by Gasteiger charge is 2.38. The molecule has 83 valence electrons. The summed E-state index contributed by atoms with van der Waals surface area (Å²) in [6.45, 7) is 0.936. The quantitative estimate of drug-likeness (QED) is 0.535. The van der Waals surface area contributed by atoms with Gasteiger partial charge in [-0.3, -0.25) is 0 Å². The highest BCUT2D eigenvalue weighted by molar-refractivity contribution is 5.25. The number of alkyl halides is 2. The second kappa shape index (κ2) is 3.75. The minimum absolute atomic E-state index is 0.936. The molecule has 0 saturated carbocycles. The van der Waals surface area contributed by atoms with E-state index in [9.17, 15) is 26.3 Å². The zero-order valence-corrected chi connectivity index (χ0v) is 7.47. The van der Waals surface area contributed by atoms with Crippen molar-refractivity contribution in [3.8, 4) is 0 Å². The largest absolute Gasteiger partial charge is 0.278 e. The molecule has 0 aromatic heterocycles. The van der Waals surface area contributed by atoms with Crippen molar-refractivity contribution in [2.75, 3.05) is 0 Å². The van der Waals surface area contributed by atoms with E-state index in [-0.39, 0.29) is 0 Å². The summed E-state index contributed by atoms with van der Waals surface area (Å²) in [5, 5.41) is 0. The lowest BCUT2D eigenvalue weighted by Gasteiger charge is -2.16. The maximum absolute atomic E-state index is 12.9. The maximum atomic E-state index is 12.9. The maximum Gasteiger partial charge on any atom is 0.278 e. The minimum Gasteiger partial charge on any atom is -0.203 e. The van der Waals surface area contributed by atoms with E-state index >= 15 is 0 Å². The third-order valence-electron chi connectivity index (χ3n) is 1.85. The lowest BCUT2D eigenvalue weighted by molar-refractivity contribution is -0.0167. The molecule has 0 amide bonds. The van der Waals surface area contributed by atoms with Crippen LogP contribution in [0.2, 0.25) is 0 Å². The standard InChI is InChI=1S/C9H5F6/c1-2-9(14,15)6-7(12)4(10)3-5(11)8(6)13/h2H2,1H3. The molecule has 1 aromatic carbocycles. The Labute approximate surface area is 81.5 Å². The van der Waals surface area contributed by atoms with Crippen LogP contribution in [0.5, 0.6) is 0 Å². The van der Waals surface area contributed by atoms with Crippen molar-refractivity contribution in [1.82, 2.24) is 0 Å². The number of halogens is 6. The van der Waals surface area contributed by atoms with Gasteiger partial charge in [0, 0.05) is 6.42 Å². The average Bonchev–Trinajstić information content (AvgIpc) is 2.15. The van der Waals surface area contributed by atoms with Gasteiger partial charge in [-0.15, -0.1) is 0 Å². The van der Waals surface area contributed by atoms with Crippen molar-refractivity contribution < 1.29 is 26.3 Å². The van der Waals surface area contributed by atoms with Gasteiger partial charge < -0.3 is 0 Å². The summed E-state index contributed by atoms with van der Waals surface area (Å²) in [6.07, 6.45) is -0.969. The first kappa shape index (κ1) is 11.9. The van der Waals surface area contributed by atoms with Crippen LogP contribution in [0.4, 0.5) is 26.3 Å². The molecule has 0 aliphatic heterocycles. The van der Waals surface area contributed by atoms with E-state index < -0.39 is 41.2 Å². The molecule has 6 heteroatoms. The third-order valence-corrected chi connectivity index (χ3v) is 1.85. The fraction of sp³-hybridized carbons (Fsp3) is 0.333. The summed E-state index contributed by atoms with van der Waals surface area (Å²) in [5.41, 5.74) is -1.89. The molecule has 0 saturated heterocycles. The molecule has 0 nitrogen and oxygen atoms in total. The molecule has 1 radical (unpaired) electrons. The monoisotopic (exact) mass is 227 g/mol. The first-order valence-electron chi connectivity index (χ1n) is 3.94. The second-order valence-corrected chi connectivity index (χ2v) is 2.81. The lowest BCUT2D eigenvalue weighted by atomic mass is 10.0. The summed E-state index contributed by atoms with van der Waals surface area (Å²) < 4.78 is 76.6. The molecule has 0 heterocycles. The topological polar surface area (TPSA) is 0 Å². The van der Waals surface area contributed by atoms with Gasteiger partial charge in [0.2, 0.25) is 0 Å². The van der Waals surface area contributed by atoms with Crippen LogP contribution in [0.1, 0.15) is 18.9 Å². The summed E-state index contributed by atoms with van der Waals surface area (Å²) in [4.78, 5) is 0. The molecule has 0 aliphatic rings. The van der Waals surface area contributed by atoms with Crippen molar-refractivity contribution in [2.45, 2.75) is 19.3 Å². The number of hydrogen-bond donors (Lipinski definition) is 0. The van der Waals surface area contributed by atoms with E-state index in [1.165, 1.54) is 0 Å². The summed E-state index contributed by atoms with van der Waals surface area (Å²) in [6, 6.07) is 1.03. The van der Waals surface area contributed by atoms with Crippen LogP contribution in [0, 0.1) is 29.3 Å². The van der Waals surface area contributed by atoms with Crippen LogP contribution in [-0.2, 0) is 5.92 Å². The van der Waals surface area contributed by atoms with Gasteiger partial charge in [-0.25, -0.2) is 26.3 Å². The average molecular weight is 227 g/mol. The molecule has 0 bridgehead atoms. The molecule has 1 rings (SSSR count). The fourth-order valence-electron chi connectivity index (χ4n) is 1.02. The first-order chi connectivity index (χ1) is 6.81. The van der Waals surface area contributed by atoms with Crippen LogP contribution in [0.25, 0.3) is 0 Å². The van der Waals surface area contributed by atoms with Gasteiger partial charge in [0.25, 0.3) is 5.92 Å². The van der Waals surface area contributed by atoms with E-state index in [0.29, 0.717) is 0 Å². The molecular weight excluding hydrogens is 222 g/mol. The van der Waals surface area contributed by atoms with Gasteiger partial charge in [-0.1, -0.05) is 6.92 Å². The molecule has 0 aliphatic carbocycles. The Balaban J connectivity index is 3.53. The fourth-order valence-corrected chi connectivity index (χ4v) is 1.02. The summed E-state index contributed by atoms with van der Waals surface area (Å²) in [5.74, 6) is -12.1. The molecule has 15 heavy (non-hydrogen) atoms. The lowest BCUT2D eigenvalue weighted by Crippen LogP contribution is -2.18. The number of rotatable bonds is 2. The van der Waals surface area contributed by atoms with E-state index in [1.807, 2.05) is 0 Å². The SMILES string of the molecule is CCC(F)(F)c1c(F)c(F)[c]c(F)c1F. The number of hydrogen-bond acceptors (Lipinski definition) is 0.